The highest BCUT2D eigenvalue weighted by molar-refractivity contribution is 5.84. The first kappa shape index (κ1) is 15.0. The van der Waals surface area contributed by atoms with Crippen molar-refractivity contribution in [3.8, 4) is 0 Å². The van der Waals surface area contributed by atoms with Crippen LogP contribution in [0.3, 0.4) is 0 Å². The summed E-state index contributed by atoms with van der Waals surface area (Å²) in [5.41, 5.74) is 1.68. The second kappa shape index (κ2) is 5.21. The van der Waals surface area contributed by atoms with E-state index in [1.54, 1.807) is 0 Å². The molecule has 0 fully saturated rings. The van der Waals surface area contributed by atoms with E-state index < -0.39 is 5.54 Å². The van der Waals surface area contributed by atoms with Crippen LogP contribution >= 0.6 is 0 Å². The van der Waals surface area contributed by atoms with Crippen molar-refractivity contribution in [2.45, 2.75) is 57.5 Å². The van der Waals surface area contributed by atoms with Gasteiger partial charge in [0.2, 0.25) is 0 Å². The zero-order valence-electron chi connectivity index (χ0n) is 13.1. The van der Waals surface area contributed by atoms with Gasteiger partial charge < -0.3 is 4.74 Å². The van der Waals surface area contributed by atoms with E-state index in [9.17, 15) is 4.79 Å². The molecule has 0 saturated heterocycles. The maximum Gasteiger partial charge on any atom is 0.330 e. The number of hydrogen-bond acceptors (Lipinski definition) is 3. The maximum atomic E-state index is 12.5. The van der Waals surface area contributed by atoms with E-state index in [-0.39, 0.29) is 17.4 Å². The Morgan fingerprint density at radius 1 is 1.20 bits per heavy atom. The molecule has 0 bridgehead atoms. The summed E-state index contributed by atoms with van der Waals surface area (Å²) < 4.78 is 5.12. The standard InChI is InChI=1S/C17H25NO2/c1-12(2)18-17(15(19)20-5)11-10-16(3,4)13-8-6-7-9-14(13)17/h6-9,12,18H,10-11H2,1-5H3. The monoisotopic (exact) mass is 275 g/mol. The highest BCUT2D eigenvalue weighted by Crippen LogP contribution is 2.45. The molecule has 1 aromatic carbocycles. The Morgan fingerprint density at radius 3 is 2.35 bits per heavy atom. The van der Waals surface area contributed by atoms with Gasteiger partial charge >= 0.3 is 5.97 Å². The lowest BCUT2D eigenvalue weighted by atomic mass is 9.65. The van der Waals surface area contributed by atoms with Gasteiger partial charge in [0.05, 0.1) is 7.11 Å². The number of fused-ring (bicyclic) bond motifs is 1. The van der Waals surface area contributed by atoms with Crippen molar-refractivity contribution < 1.29 is 9.53 Å². The van der Waals surface area contributed by atoms with Gasteiger partial charge in [-0.15, -0.1) is 0 Å². The van der Waals surface area contributed by atoms with Gasteiger partial charge in [0.25, 0.3) is 0 Å². The molecule has 3 heteroatoms. The van der Waals surface area contributed by atoms with Crippen LogP contribution in [0.25, 0.3) is 0 Å². The largest absolute Gasteiger partial charge is 0.467 e. The van der Waals surface area contributed by atoms with Crippen molar-refractivity contribution in [3.05, 3.63) is 35.4 Å². The van der Waals surface area contributed by atoms with E-state index in [0.717, 1.165) is 18.4 Å². The Morgan fingerprint density at radius 2 is 1.80 bits per heavy atom. The number of esters is 1. The van der Waals surface area contributed by atoms with Crippen molar-refractivity contribution in [1.82, 2.24) is 5.32 Å². The number of benzene rings is 1. The molecule has 0 aromatic heterocycles. The Labute approximate surface area is 121 Å². The minimum Gasteiger partial charge on any atom is -0.467 e. The molecular weight excluding hydrogens is 250 g/mol. The topological polar surface area (TPSA) is 38.3 Å². The minimum absolute atomic E-state index is 0.0901. The van der Waals surface area contributed by atoms with Crippen LogP contribution in [0.2, 0.25) is 0 Å². The average molecular weight is 275 g/mol. The molecule has 0 aliphatic heterocycles. The van der Waals surface area contributed by atoms with Crippen LogP contribution in [-0.4, -0.2) is 19.1 Å². The molecular formula is C17H25NO2. The fourth-order valence-electron chi connectivity index (χ4n) is 3.30. The van der Waals surface area contributed by atoms with E-state index in [0.29, 0.717) is 0 Å². The third-order valence-corrected chi connectivity index (χ3v) is 4.31. The molecule has 0 heterocycles. The Balaban J connectivity index is 2.62. The molecule has 2 rings (SSSR count). The summed E-state index contributed by atoms with van der Waals surface area (Å²) in [6.07, 6.45) is 1.72. The van der Waals surface area contributed by atoms with Crippen LogP contribution in [0.5, 0.6) is 0 Å². The van der Waals surface area contributed by atoms with Gasteiger partial charge in [-0.1, -0.05) is 38.1 Å². The number of methoxy groups -OCH3 is 1. The van der Waals surface area contributed by atoms with Crippen LogP contribution in [0.4, 0.5) is 0 Å². The maximum absolute atomic E-state index is 12.5. The Kier molecular flexibility index (Phi) is 3.92. The van der Waals surface area contributed by atoms with Crippen molar-refractivity contribution in [3.63, 3.8) is 0 Å². The smallest absolute Gasteiger partial charge is 0.330 e. The Bertz CT molecular complexity index is 507. The van der Waals surface area contributed by atoms with Crippen molar-refractivity contribution in [2.24, 2.45) is 0 Å². The SMILES string of the molecule is COC(=O)C1(NC(C)C)CCC(C)(C)c2ccccc21. The third-order valence-electron chi connectivity index (χ3n) is 4.31. The molecule has 110 valence electrons. The average Bonchev–Trinajstić information content (AvgIpc) is 2.41. The molecule has 1 aliphatic carbocycles. The first-order chi connectivity index (χ1) is 9.33. The predicted molar refractivity (Wildman–Crippen MR) is 80.7 cm³/mol. The van der Waals surface area contributed by atoms with Gasteiger partial charge in [-0.3, -0.25) is 5.32 Å². The van der Waals surface area contributed by atoms with E-state index in [1.165, 1.54) is 12.7 Å². The predicted octanol–water partition coefficient (Wildman–Crippen LogP) is 3.12. The van der Waals surface area contributed by atoms with Crippen LogP contribution in [0.15, 0.2) is 24.3 Å². The molecule has 1 unspecified atom stereocenters. The van der Waals surface area contributed by atoms with Crippen molar-refractivity contribution in [1.29, 1.82) is 0 Å². The lowest BCUT2D eigenvalue weighted by Crippen LogP contribution is -2.56. The summed E-state index contributed by atoms with van der Waals surface area (Å²) in [6.45, 7) is 8.60. The van der Waals surface area contributed by atoms with Crippen molar-refractivity contribution >= 4 is 5.97 Å². The van der Waals surface area contributed by atoms with Gasteiger partial charge in [-0.25, -0.2) is 4.79 Å². The van der Waals surface area contributed by atoms with Gasteiger partial charge in [0.15, 0.2) is 0 Å². The molecule has 1 aliphatic rings. The number of carbonyl (C=O) groups excluding carboxylic acids is 1. The number of ether oxygens (including phenoxy) is 1. The molecule has 0 saturated carbocycles. The molecule has 1 aromatic rings. The van der Waals surface area contributed by atoms with Gasteiger partial charge in [-0.05, 0) is 43.2 Å². The number of hydrogen-bond donors (Lipinski definition) is 1. The number of nitrogens with one attached hydrogen (secondary N) is 1. The van der Waals surface area contributed by atoms with E-state index in [4.69, 9.17) is 4.74 Å². The second-order valence-electron chi connectivity index (χ2n) is 6.63. The summed E-state index contributed by atoms with van der Waals surface area (Å²) in [4.78, 5) is 12.5. The van der Waals surface area contributed by atoms with E-state index in [1.807, 2.05) is 12.1 Å². The second-order valence-corrected chi connectivity index (χ2v) is 6.63. The summed E-state index contributed by atoms with van der Waals surface area (Å²) in [5, 5.41) is 3.47. The summed E-state index contributed by atoms with van der Waals surface area (Å²) in [7, 11) is 1.47. The lowest BCUT2D eigenvalue weighted by Gasteiger charge is -2.44. The van der Waals surface area contributed by atoms with E-state index >= 15 is 0 Å². The van der Waals surface area contributed by atoms with Crippen LogP contribution in [0, 0.1) is 0 Å². The molecule has 3 nitrogen and oxygen atoms in total. The van der Waals surface area contributed by atoms with Gasteiger partial charge in [0.1, 0.15) is 5.54 Å². The number of carbonyl (C=O) groups is 1. The normalized spacial score (nSPS) is 24.3. The first-order valence-corrected chi connectivity index (χ1v) is 7.29. The Hall–Kier alpha value is -1.35. The molecule has 0 radical (unpaired) electrons. The quantitative estimate of drug-likeness (QED) is 0.861. The fourth-order valence-corrected chi connectivity index (χ4v) is 3.30. The fraction of sp³-hybridized carbons (Fsp3) is 0.588. The molecule has 20 heavy (non-hydrogen) atoms. The zero-order valence-corrected chi connectivity index (χ0v) is 13.1. The molecule has 0 spiro atoms. The third kappa shape index (κ3) is 2.35. The zero-order chi connectivity index (χ0) is 15.0. The molecule has 0 amide bonds. The van der Waals surface area contributed by atoms with E-state index in [2.05, 4.69) is 45.1 Å². The summed E-state index contributed by atoms with van der Waals surface area (Å²) in [6, 6.07) is 8.45. The van der Waals surface area contributed by atoms with Gasteiger partial charge in [-0.2, -0.15) is 0 Å². The first-order valence-electron chi connectivity index (χ1n) is 7.29. The number of rotatable bonds is 3. The van der Waals surface area contributed by atoms with Gasteiger partial charge in [0, 0.05) is 6.04 Å². The summed E-state index contributed by atoms with van der Waals surface area (Å²) in [5.74, 6) is -0.186. The molecule has 1 atom stereocenters. The highest BCUT2D eigenvalue weighted by atomic mass is 16.5. The van der Waals surface area contributed by atoms with Crippen LogP contribution in [0.1, 0.15) is 51.7 Å². The van der Waals surface area contributed by atoms with Crippen molar-refractivity contribution in [2.75, 3.05) is 7.11 Å². The lowest BCUT2D eigenvalue weighted by molar-refractivity contribution is -0.150. The van der Waals surface area contributed by atoms with Crippen LogP contribution < -0.4 is 5.32 Å². The summed E-state index contributed by atoms with van der Waals surface area (Å²) >= 11 is 0. The molecule has 1 N–H and O–H groups in total. The van der Waals surface area contributed by atoms with Crippen LogP contribution in [-0.2, 0) is 20.5 Å². The minimum atomic E-state index is -0.713. The highest BCUT2D eigenvalue weighted by Gasteiger charge is 2.48.